The van der Waals surface area contributed by atoms with E-state index in [0.717, 1.165) is 18.4 Å². The number of nitrogens with zero attached hydrogens (tertiary/aromatic N) is 2. The molecule has 0 unspecified atom stereocenters. The molecule has 1 aromatic carbocycles. The number of halogens is 1. The van der Waals surface area contributed by atoms with E-state index >= 15 is 0 Å². The first-order valence-electron chi connectivity index (χ1n) is 8.64. The smallest absolute Gasteiger partial charge is 0.219 e. The standard InChI is InChI=1S/C19H23FN4O/c20-16-8-4-5-9-17(16)25-18-12-14(10-11-22-18)13-23-19(21)24-15-6-2-1-3-7-15/h4-5,8-12,15H,1-3,6-7,13H2,(H3,21,23,24). The molecule has 1 heterocycles. The van der Waals surface area contributed by atoms with Crippen LogP contribution in [0.2, 0.25) is 0 Å². The number of nitrogens with two attached hydrogens (primary N) is 1. The van der Waals surface area contributed by atoms with Crippen molar-refractivity contribution in [1.29, 1.82) is 0 Å². The lowest BCUT2D eigenvalue weighted by Crippen LogP contribution is -2.41. The number of benzene rings is 1. The van der Waals surface area contributed by atoms with Gasteiger partial charge in [-0.15, -0.1) is 0 Å². The average Bonchev–Trinajstić information content (AvgIpc) is 2.63. The van der Waals surface area contributed by atoms with Crippen molar-refractivity contribution in [3.63, 3.8) is 0 Å². The summed E-state index contributed by atoms with van der Waals surface area (Å²) in [7, 11) is 0. The summed E-state index contributed by atoms with van der Waals surface area (Å²) in [6.07, 6.45) is 7.69. The van der Waals surface area contributed by atoms with Crippen LogP contribution in [-0.4, -0.2) is 17.0 Å². The van der Waals surface area contributed by atoms with Crippen LogP contribution in [0.3, 0.4) is 0 Å². The first kappa shape index (κ1) is 17.2. The summed E-state index contributed by atoms with van der Waals surface area (Å²) in [6, 6.07) is 10.2. The second-order valence-corrected chi connectivity index (χ2v) is 6.22. The fourth-order valence-corrected chi connectivity index (χ4v) is 2.92. The highest BCUT2D eigenvalue weighted by atomic mass is 19.1. The van der Waals surface area contributed by atoms with Crippen LogP contribution in [0.4, 0.5) is 4.39 Å². The van der Waals surface area contributed by atoms with Crippen molar-refractivity contribution in [2.75, 3.05) is 0 Å². The minimum atomic E-state index is -0.423. The first-order valence-corrected chi connectivity index (χ1v) is 8.64. The molecular formula is C19H23FN4O. The Morgan fingerprint density at radius 1 is 1.24 bits per heavy atom. The number of aliphatic imine (C=N–C) groups is 1. The summed E-state index contributed by atoms with van der Waals surface area (Å²) in [5, 5.41) is 3.28. The molecule has 0 aliphatic heterocycles. The van der Waals surface area contributed by atoms with Gasteiger partial charge in [-0.3, -0.25) is 0 Å². The van der Waals surface area contributed by atoms with Crippen molar-refractivity contribution < 1.29 is 9.13 Å². The number of rotatable bonds is 5. The molecule has 0 bridgehead atoms. The van der Waals surface area contributed by atoms with Gasteiger partial charge in [0.2, 0.25) is 5.88 Å². The maximum Gasteiger partial charge on any atom is 0.219 e. The molecule has 0 saturated heterocycles. The number of ether oxygens (including phenoxy) is 1. The van der Waals surface area contributed by atoms with Gasteiger partial charge in [-0.2, -0.15) is 0 Å². The summed E-state index contributed by atoms with van der Waals surface area (Å²) in [4.78, 5) is 8.49. The lowest BCUT2D eigenvalue weighted by molar-refractivity contribution is 0.412. The zero-order valence-corrected chi connectivity index (χ0v) is 14.1. The molecule has 0 spiro atoms. The number of nitrogens with one attached hydrogen (secondary N) is 1. The maximum atomic E-state index is 13.7. The number of para-hydroxylation sites is 1. The molecule has 132 valence electrons. The molecule has 3 N–H and O–H groups in total. The van der Waals surface area contributed by atoms with E-state index in [1.807, 2.05) is 6.07 Å². The summed E-state index contributed by atoms with van der Waals surface area (Å²) in [5.74, 6) is 0.514. The van der Waals surface area contributed by atoms with E-state index in [1.54, 1.807) is 30.5 Å². The topological polar surface area (TPSA) is 72.5 Å². The van der Waals surface area contributed by atoms with Crippen molar-refractivity contribution in [2.24, 2.45) is 10.7 Å². The molecule has 6 heteroatoms. The minimum absolute atomic E-state index is 0.147. The Morgan fingerprint density at radius 3 is 2.84 bits per heavy atom. The number of hydrogen-bond acceptors (Lipinski definition) is 3. The summed E-state index contributed by atoms with van der Waals surface area (Å²) < 4.78 is 19.1. The lowest BCUT2D eigenvalue weighted by Gasteiger charge is -2.23. The first-order chi connectivity index (χ1) is 12.2. The summed E-state index contributed by atoms with van der Waals surface area (Å²) >= 11 is 0. The highest BCUT2D eigenvalue weighted by Gasteiger charge is 2.13. The average molecular weight is 342 g/mol. The predicted octanol–water partition coefficient (Wildman–Crippen LogP) is 3.75. The maximum absolute atomic E-state index is 13.7. The van der Waals surface area contributed by atoms with Gasteiger partial charge < -0.3 is 15.8 Å². The molecule has 1 fully saturated rings. The van der Waals surface area contributed by atoms with Crippen LogP contribution in [-0.2, 0) is 6.54 Å². The van der Waals surface area contributed by atoms with Crippen LogP contribution in [0.25, 0.3) is 0 Å². The Hall–Kier alpha value is -2.63. The Bertz CT molecular complexity index is 729. The lowest BCUT2D eigenvalue weighted by atomic mass is 9.96. The summed E-state index contributed by atoms with van der Waals surface area (Å²) in [5.41, 5.74) is 6.87. The van der Waals surface area contributed by atoms with Crippen LogP contribution in [0, 0.1) is 5.82 Å². The molecule has 0 amide bonds. The second kappa shape index (κ2) is 8.46. The third-order valence-electron chi connectivity index (χ3n) is 4.24. The van der Waals surface area contributed by atoms with Crippen LogP contribution in [0.15, 0.2) is 47.6 Å². The van der Waals surface area contributed by atoms with Crippen LogP contribution >= 0.6 is 0 Å². The van der Waals surface area contributed by atoms with Gasteiger partial charge in [-0.25, -0.2) is 14.4 Å². The van der Waals surface area contributed by atoms with Gasteiger partial charge in [0.05, 0.1) is 6.54 Å². The van der Waals surface area contributed by atoms with Gasteiger partial charge in [0.15, 0.2) is 17.5 Å². The van der Waals surface area contributed by atoms with Gasteiger partial charge in [0.25, 0.3) is 0 Å². The van der Waals surface area contributed by atoms with Crippen molar-refractivity contribution in [1.82, 2.24) is 10.3 Å². The van der Waals surface area contributed by atoms with E-state index in [1.165, 1.54) is 25.3 Å². The van der Waals surface area contributed by atoms with Crippen molar-refractivity contribution in [2.45, 2.75) is 44.7 Å². The van der Waals surface area contributed by atoms with E-state index in [4.69, 9.17) is 10.5 Å². The molecule has 2 aromatic rings. The normalized spacial score (nSPS) is 15.8. The van der Waals surface area contributed by atoms with E-state index in [2.05, 4.69) is 15.3 Å². The Labute approximate surface area is 147 Å². The largest absolute Gasteiger partial charge is 0.436 e. The number of aromatic nitrogens is 1. The van der Waals surface area contributed by atoms with E-state index in [0.29, 0.717) is 24.4 Å². The molecule has 1 aliphatic carbocycles. The Balaban J connectivity index is 1.59. The van der Waals surface area contributed by atoms with Crippen LogP contribution in [0.5, 0.6) is 11.6 Å². The van der Waals surface area contributed by atoms with Crippen LogP contribution in [0.1, 0.15) is 37.7 Å². The fourth-order valence-electron chi connectivity index (χ4n) is 2.92. The van der Waals surface area contributed by atoms with Gasteiger partial charge >= 0.3 is 0 Å². The van der Waals surface area contributed by atoms with Gasteiger partial charge in [0, 0.05) is 18.3 Å². The fraction of sp³-hybridized carbons (Fsp3) is 0.368. The Kier molecular flexibility index (Phi) is 5.82. The molecule has 25 heavy (non-hydrogen) atoms. The third-order valence-corrected chi connectivity index (χ3v) is 4.24. The second-order valence-electron chi connectivity index (χ2n) is 6.22. The quantitative estimate of drug-likeness (QED) is 0.641. The van der Waals surface area contributed by atoms with Crippen molar-refractivity contribution >= 4 is 5.96 Å². The van der Waals surface area contributed by atoms with E-state index in [9.17, 15) is 4.39 Å². The molecule has 3 rings (SSSR count). The molecule has 0 atom stereocenters. The zero-order valence-electron chi connectivity index (χ0n) is 14.1. The number of guanidine groups is 1. The predicted molar refractivity (Wildman–Crippen MR) is 96.0 cm³/mol. The highest BCUT2D eigenvalue weighted by molar-refractivity contribution is 5.78. The molecule has 5 nitrogen and oxygen atoms in total. The molecular weight excluding hydrogens is 319 g/mol. The summed E-state index contributed by atoms with van der Waals surface area (Å²) in [6.45, 7) is 0.418. The van der Waals surface area contributed by atoms with E-state index < -0.39 is 5.82 Å². The van der Waals surface area contributed by atoms with E-state index in [-0.39, 0.29) is 5.75 Å². The Morgan fingerprint density at radius 2 is 2.04 bits per heavy atom. The van der Waals surface area contributed by atoms with Crippen LogP contribution < -0.4 is 15.8 Å². The van der Waals surface area contributed by atoms with Gasteiger partial charge in [0.1, 0.15) is 0 Å². The molecule has 1 saturated carbocycles. The van der Waals surface area contributed by atoms with Gasteiger partial charge in [-0.1, -0.05) is 31.4 Å². The zero-order chi connectivity index (χ0) is 17.5. The molecule has 1 aliphatic rings. The molecule has 1 aromatic heterocycles. The number of hydrogen-bond donors (Lipinski definition) is 2. The minimum Gasteiger partial charge on any atom is -0.436 e. The van der Waals surface area contributed by atoms with Crippen molar-refractivity contribution in [3.05, 3.63) is 54.0 Å². The van der Waals surface area contributed by atoms with Gasteiger partial charge in [-0.05, 0) is 36.6 Å². The SMILES string of the molecule is NC(=NCc1ccnc(Oc2ccccc2F)c1)NC1CCCCC1. The highest BCUT2D eigenvalue weighted by Crippen LogP contribution is 2.23. The monoisotopic (exact) mass is 342 g/mol. The van der Waals surface area contributed by atoms with Crippen molar-refractivity contribution in [3.8, 4) is 11.6 Å². The molecule has 0 radical (unpaired) electrons. The number of pyridine rings is 1. The third kappa shape index (κ3) is 5.17.